The summed E-state index contributed by atoms with van der Waals surface area (Å²) in [6, 6.07) is 4.61. The van der Waals surface area contributed by atoms with Crippen LogP contribution < -0.4 is 0 Å². The van der Waals surface area contributed by atoms with Gasteiger partial charge in [-0.05, 0) is 18.9 Å². The minimum Gasteiger partial charge on any atom is -0.268 e. The van der Waals surface area contributed by atoms with E-state index in [1.807, 2.05) is 16.9 Å². The fourth-order valence-electron chi connectivity index (χ4n) is 2.06. The lowest BCUT2D eigenvalue weighted by Gasteiger charge is -2.26. The standard InChI is InChI=1S/C10H13N3/c11-8-9-4-1-2-5-10(9)13-7-3-6-12-13/h3,6-7,9-10H,1-2,4-5H2. The third-order valence-electron chi connectivity index (χ3n) is 2.76. The molecular formula is C10H13N3. The van der Waals surface area contributed by atoms with Gasteiger partial charge in [0.15, 0.2) is 0 Å². The van der Waals surface area contributed by atoms with Crippen LogP contribution in [0, 0.1) is 17.2 Å². The summed E-state index contributed by atoms with van der Waals surface area (Å²) in [4.78, 5) is 0. The number of aromatic nitrogens is 2. The lowest BCUT2D eigenvalue weighted by molar-refractivity contribution is 0.270. The Kier molecular flexibility index (Phi) is 2.31. The molecule has 2 atom stereocenters. The number of nitrogens with zero attached hydrogens (tertiary/aromatic N) is 3. The third kappa shape index (κ3) is 1.57. The van der Waals surface area contributed by atoms with Crippen molar-refractivity contribution in [2.45, 2.75) is 31.7 Å². The SMILES string of the molecule is N#CC1CCCCC1n1cccn1. The molecule has 0 radical (unpaired) electrons. The average Bonchev–Trinajstić information content (AvgIpc) is 2.70. The maximum Gasteiger partial charge on any atom is 0.0687 e. The Bertz CT molecular complexity index is 296. The molecule has 1 heterocycles. The van der Waals surface area contributed by atoms with Crippen molar-refractivity contribution < 1.29 is 0 Å². The highest BCUT2D eigenvalue weighted by atomic mass is 15.3. The van der Waals surface area contributed by atoms with Crippen molar-refractivity contribution in [3.8, 4) is 6.07 Å². The zero-order valence-electron chi connectivity index (χ0n) is 7.56. The van der Waals surface area contributed by atoms with Crippen LogP contribution in [-0.4, -0.2) is 9.78 Å². The van der Waals surface area contributed by atoms with Gasteiger partial charge in [0, 0.05) is 12.4 Å². The molecule has 0 saturated heterocycles. The Morgan fingerprint density at radius 2 is 2.23 bits per heavy atom. The van der Waals surface area contributed by atoms with Crippen molar-refractivity contribution in [1.29, 1.82) is 5.26 Å². The summed E-state index contributed by atoms with van der Waals surface area (Å²) < 4.78 is 1.94. The summed E-state index contributed by atoms with van der Waals surface area (Å²) in [6.45, 7) is 0. The van der Waals surface area contributed by atoms with Gasteiger partial charge in [0.1, 0.15) is 0 Å². The highest BCUT2D eigenvalue weighted by Gasteiger charge is 2.26. The molecule has 0 spiro atoms. The van der Waals surface area contributed by atoms with E-state index in [0.29, 0.717) is 6.04 Å². The van der Waals surface area contributed by atoms with Crippen LogP contribution in [0.1, 0.15) is 31.7 Å². The predicted octanol–water partition coefficient (Wildman–Crippen LogP) is 2.14. The maximum atomic E-state index is 8.97. The number of hydrogen-bond donors (Lipinski definition) is 0. The van der Waals surface area contributed by atoms with Gasteiger partial charge in [-0.2, -0.15) is 10.4 Å². The first-order valence-corrected chi connectivity index (χ1v) is 4.80. The van der Waals surface area contributed by atoms with E-state index < -0.39 is 0 Å². The van der Waals surface area contributed by atoms with Crippen LogP contribution in [0.3, 0.4) is 0 Å². The van der Waals surface area contributed by atoms with Crippen LogP contribution in [0.4, 0.5) is 0 Å². The molecule has 1 aromatic rings. The van der Waals surface area contributed by atoms with Crippen molar-refractivity contribution in [3.05, 3.63) is 18.5 Å². The summed E-state index contributed by atoms with van der Waals surface area (Å²) in [5.74, 6) is 0.161. The van der Waals surface area contributed by atoms with Gasteiger partial charge < -0.3 is 0 Å². The molecule has 0 aromatic carbocycles. The van der Waals surface area contributed by atoms with Gasteiger partial charge in [-0.3, -0.25) is 4.68 Å². The molecule has 68 valence electrons. The van der Waals surface area contributed by atoms with Crippen LogP contribution in [0.15, 0.2) is 18.5 Å². The predicted molar refractivity (Wildman–Crippen MR) is 48.8 cm³/mol. The summed E-state index contributed by atoms with van der Waals surface area (Å²) >= 11 is 0. The molecule has 1 aliphatic carbocycles. The minimum absolute atomic E-state index is 0.161. The molecule has 0 aliphatic heterocycles. The highest BCUT2D eigenvalue weighted by Crippen LogP contribution is 2.32. The molecule has 0 amide bonds. The lowest BCUT2D eigenvalue weighted by atomic mass is 9.86. The molecule has 1 aliphatic rings. The number of nitriles is 1. The Balaban J connectivity index is 2.17. The summed E-state index contributed by atoms with van der Waals surface area (Å²) in [7, 11) is 0. The van der Waals surface area contributed by atoms with Crippen molar-refractivity contribution in [3.63, 3.8) is 0 Å². The topological polar surface area (TPSA) is 41.6 Å². The number of hydrogen-bond acceptors (Lipinski definition) is 2. The van der Waals surface area contributed by atoms with Gasteiger partial charge in [-0.25, -0.2) is 0 Å². The van der Waals surface area contributed by atoms with Gasteiger partial charge in [0.25, 0.3) is 0 Å². The van der Waals surface area contributed by atoms with Crippen LogP contribution in [0.5, 0.6) is 0 Å². The Morgan fingerprint density at radius 3 is 2.92 bits per heavy atom. The van der Waals surface area contributed by atoms with Gasteiger partial charge >= 0.3 is 0 Å². The highest BCUT2D eigenvalue weighted by molar-refractivity contribution is 4.95. The van der Waals surface area contributed by atoms with Crippen LogP contribution in [0.25, 0.3) is 0 Å². The molecule has 1 fully saturated rings. The Hall–Kier alpha value is -1.30. The van der Waals surface area contributed by atoms with Crippen molar-refractivity contribution in [2.75, 3.05) is 0 Å². The van der Waals surface area contributed by atoms with Crippen LogP contribution in [0.2, 0.25) is 0 Å². The van der Waals surface area contributed by atoms with E-state index in [0.717, 1.165) is 12.8 Å². The maximum absolute atomic E-state index is 8.97. The molecule has 3 nitrogen and oxygen atoms in total. The van der Waals surface area contributed by atoms with Crippen LogP contribution >= 0.6 is 0 Å². The van der Waals surface area contributed by atoms with Crippen molar-refractivity contribution >= 4 is 0 Å². The Labute approximate surface area is 78.0 Å². The van der Waals surface area contributed by atoms with Gasteiger partial charge in [-0.15, -0.1) is 0 Å². The van der Waals surface area contributed by atoms with E-state index in [-0.39, 0.29) is 5.92 Å². The molecule has 13 heavy (non-hydrogen) atoms. The Morgan fingerprint density at radius 1 is 1.38 bits per heavy atom. The first-order chi connectivity index (χ1) is 6.42. The fourth-order valence-corrected chi connectivity index (χ4v) is 2.06. The monoisotopic (exact) mass is 175 g/mol. The molecule has 2 rings (SSSR count). The second kappa shape index (κ2) is 3.61. The molecular weight excluding hydrogens is 162 g/mol. The van der Waals surface area contributed by atoms with Crippen molar-refractivity contribution in [2.24, 2.45) is 5.92 Å². The minimum atomic E-state index is 0.161. The zero-order chi connectivity index (χ0) is 9.10. The summed E-state index contributed by atoms with van der Waals surface area (Å²) in [5.41, 5.74) is 0. The normalized spacial score (nSPS) is 28.2. The molecule has 0 bridgehead atoms. The fraction of sp³-hybridized carbons (Fsp3) is 0.600. The first-order valence-electron chi connectivity index (χ1n) is 4.80. The van der Waals surface area contributed by atoms with E-state index in [1.165, 1.54) is 12.8 Å². The van der Waals surface area contributed by atoms with Gasteiger partial charge in [0.05, 0.1) is 18.0 Å². The van der Waals surface area contributed by atoms with E-state index in [1.54, 1.807) is 6.20 Å². The third-order valence-corrected chi connectivity index (χ3v) is 2.76. The summed E-state index contributed by atoms with van der Waals surface area (Å²) in [5, 5.41) is 13.2. The molecule has 0 N–H and O–H groups in total. The van der Waals surface area contributed by atoms with E-state index in [2.05, 4.69) is 11.2 Å². The molecule has 1 saturated carbocycles. The van der Waals surface area contributed by atoms with Gasteiger partial charge in [0.2, 0.25) is 0 Å². The van der Waals surface area contributed by atoms with E-state index in [4.69, 9.17) is 5.26 Å². The molecule has 2 unspecified atom stereocenters. The average molecular weight is 175 g/mol. The zero-order valence-corrected chi connectivity index (χ0v) is 7.56. The largest absolute Gasteiger partial charge is 0.268 e. The van der Waals surface area contributed by atoms with Crippen molar-refractivity contribution in [1.82, 2.24) is 9.78 Å². The molecule has 3 heteroatoms. The van der Waals surface area contributed by atoms with E-state index >= 15 is 0 Å². The lowest BCUT2D eigenvalue weighted by Crippen LogP contribution is -2.22. The van der Waals surface area contributed by atoms with Crippen LogP contribution in [-0.2, 0) is 0 Å². The second-order valence-corrected chi connectivity index (χ2v) is 3.57. The summed E-state index contributed by atoms with van der Waals surface area (Å²) in [6.07, 6.45) is 8.28. The van der Waals surface area contributed by atoms with E-state index in [9.17, 15) is 0 Å². The molecule has 1 aromatic heterocycles. The smallest absolute Gasteiger partial charge is 0.0687 e. The number of rotatable bonds is 1. The second-order valence-electron chi connectivity index (χ2n) is 3.57. The quantitative estimate of drug-likeness (QED) is 0.656. The van der Waals surface area contributed by atoms with Gasteiger partial charge in [-0.1, -0.05) is 12.8 Å². The first kappa shape index (κ1) is 8.31.